The van der Waals surface area contributed by atoms with Gasteiger partial charge in [0.2, 0.25) is 5.91 Å². The molecule has 0 bridgehead atoms. The van der Waals surface area contributed by atoms with Gasteiger partial charge in [0, 0.05) is 13.0 Å². The Hall–Kier alpha value is -3.35. The van der Waals surface area contributed by atoms with Crippen LogP contribution in [0.1, 0.15) is 18.1 Å². The third kappa shape index (κ3) is 4.14. The van der Waals surface area contributed by atoms with Gasteiger partial charge in [-0.05, 0) is 24.1 Å². The molecule has 0 unspecified atom stereocenters. The van der Waals surface area contributed by atoms with Crippen molar-refractivity contribution in [1.29, 1.82) is 0 Å². The smallest absolute Gasteiger partial charge is 0.325 e. The normalized spacial score (nSPS) is 18.7. The number of para-hydroxylation sites is 1. The summed E-state index contributed by atoms with van der Waals surface area (Å²) in [6.45, 7) is 1.67. The first kappa shape index (κ1) is 19.4. The van der Waals surface area contributed by atoms with Gasteiger partial charge < -0.3 is 15.4 Å². The maximum atomic E-state index is 12.9. The van der Waals surface area contributed by atoms with E-state index in [1.54, 1.807) is 20.1 Å². The fourth-order valence-corrected chi connectivity index (χ4v) is 3.24. The van der Waals surface area contributed by atoms with Crippen LogP contribution in [-0.4, -0.2) is 41.9 Å². The molecule has 1 fully saturated rings. The highest BCUT2D eigenvalue weighted by Gasteiger charge is 2.48. The van der Waals surface area contributed by atoms with Crippen molar-refractivity contribution >= 4 is 17.8 Å². The van der Waals surface area contributed by atoms with Gasteiger partial charge in [0.15, 0.2) is 0 Å². The predicted molar refractivity (Wildman–Crippen MR) is 104 cm³/mol. The van der Waals surface area contributed by atoms with Crippen LogP contribution in [0.2, 0.25) is 0 Å². The fraction of sp³-hybridized carbons (Fsp3) is 0.286. The maximum Gasteiger partial charge on any atom is 0.325 e. The first-order valence-electron chi connectivity index (χ1n) is 8.99. The van der Waals surface area contributed by atoms with E-state index in [1.807, 2.05) is 48.5 Å². The Morgan fingerprint density at radius 3 is 2.50 bits per heavy atom. The Morgan fingerprint density at radius 2 is 1.79 bits per heavy atom. The molecule has 146 valence electrons. The van der Waals surface area contributed by atoms with E-state index >= 15 is 0 Å². The summed E-state index contributed by atoms with van der Waals surface area (Å²) >= 11 is 0. The van der Waals surface area contributed by atoms with Gasteiger partial charge in [0.05, 0.1) is 7.11 Å². The standard InChI is InChI=1S/C21H23N3O4/c1-21(12-16-10-6-7-11-17(16)28-2)19(26)24(20(27)23-21)14-18(25)22-13-15-8-4-3-5-9-15/h3-11H,12-14H2,1-2H3,(H,22,25)(H,23,27)/t21-/m1/s1. The van der Waals surface area contributed by atoms with Gasteiger partial charge >= 0.3 is 6.03 Å². The molecule has 1 heterocycles. The lowest BCUT2D eigenvalue weighted by molar-refractivity contribution is -0.134. The largest absolute Gasteiger partial charge is 0.496 e. The highest BCUT2D eigenvalue weighted by Crippen LogP contribution is 2.27. The summed E-state index contributed by atoms with van der Waals surface area (Å²) in [5.41, 5.74) is 0.608. The number of nitrogens with one attached hydrogen (secondary N) is 2. The highest BCUT2D eigenvalue weighted by molar-refractivity contribution is 6.09. The average Bonchev–Trinajstić information content (AvgIpc) is 2.90. The van der Waals surface area contributed by atoms with E-state index in [2.05, 4.69) is 10.6 Å². The van der Waals surface area contributed by atoms with Crippen molar-refractivity contribution in [2.45, 2.75) is 25.4 Å². The fourth-order valence-electron chi connectivity index (χ4n) is 3.24. The third-order valence-electron chi connectivity index (χ3n) is 4.72. The first-order chi connectivity index (χ1) is 13.4. The van der Waals surface area contributed by atoms with Gasteiger partial charge in [-0.25, -0.2) is 4.79 Å². The zero-order chi connectivity index (χ0) is 20.1. The number of carbonyl (C=O) groups excluding carboxylic acids is 3. The number of hydrogen-bond donors (Lipinski definition) is 2. The molecule has 0 radical (unpaired) electrons. The number of hydrogen-bond acceptors (Lipinski definition) is 4. The molecular weight excluding hydrogens is 358 g/mol. The highest BCUT2D eigenvalue weighted by atomic mass is 16.5. The van der Waals surface area contributed by atoms with Crippen molar-refractivity contribution in [3.63, 3.8) is 0 Å². The first-order valence-corrected chi connectivity index (χ1v) is 8.99. The molecule has 0 saturated carbocycles. The summed E-state index contributed by atoms with van der Waals surface area (Å²) in [6.07, 6.45) is 0.268. The van der Waals surface area contributed by atoms with Crippen LogP contribution >= 0.6 is 0 Å². The molecule has 0 spiro atoms. The summed E-state index contributed by atoms with van der Waals surface area (Å²) in [5, 5.41) is 5.44. The summed E-state index contributed by atoms with van der Waals surface area (Å²) in [6, 6.07) is 16.2. The lowest BCUT2D eigenvalue weighted by Crippen LogP contribution is -2.46. The molecule has 0 aliphatic carbocycles. The molecule has 0 aromatic heterocycles. The molecule has 3 rings (SSSR count). The Kier molecular flexibility index (Phi) is 5.63. The average molecular weight is 381 g/mol. The molecule has 1 saturated heterocycles. The number of rotatable bonds is 7. The Bertz CT molecular complexity index is 884. The molecule has 7 nitrogen and oxygen atoms in total. The Balaban J connectivity index is 1.64. The van der Waals surface area contributed by atoms with E-state index in [0.717, 1.165) is 16.0 Å². The second-order valence-corrected chi connectivity index (χ2v) is 6.90. The summed E-state index contributed by atoms with van der Waals surface area (Å²) < 4.78 is 5.33. The van der Waals surface area contributed by atoms with E-state index < -0.39 is 23.4 Å². The van der Waals surface area contributed by atoms with E-state index in [0.29, 0.717) is 12.3 Å². The van der Waals surface area contributed by atoms with E-state index in [-0.39, 0.29) is 13.0 Å². The van der Waals surface area contributed by atoms with Gasteiger partial charge in [-0.2, -0.15) is 0 Å². The van der Waals surface area contributed by atoms with Crippen LogP contribution in [0.15, 0.2) is 54.6 Å². The van der Waals surface area contributed by atoms with E-state index in [4.69, 9.17) is 4.74 Å². The lowest BCUT2D eigenvalue weighted by atomic mass is 9.92. The number of imide groups is 1. The molecule has 28 heavy (non-hydrogen) atoms. The third-order valence-corrected chi connectivity index (χ3v) is 4.72. The second-order valence-electron chi connectivity index (χ2n) is 6.90. The van der Waals surface area contributed by atoms with E-state index in [9.17, 15) is 14.4 Å². The topological polar surface area (TPSA) is 87.7 Å². The number of methoxy groups -OCH3 is 1. The molecule has 1 aliphatic heterocycles. The van der Waals surface area contributed by atoms with Crippen molar-refractivity contribution in [3.05, 3.63) is 65.7 Å². The van der Waals surface area contributed by atoms with Gasteiger partial charge in [0.1, 0.15) is 17.8 Å². The lowest BCUT2D eigenvalue weighted by Gasteiger charge is -2.22. The quantitative estimate of drug-likeness (QED) is 0.717. The van der Waals surface area contributed by atoms with Crippen LogP contribution in [0.5, 0.6) is 5.75 Å². The van der Waals surface area contributed by atoms with Crippen molar-refractivity contribution in [2.24, 2.45) is 0 Å². The van der Waals surface area contributed by atoms with Crippen LogP contribution in [0, 0.1) is 0 Å². The van der Waals surface area contributed by atoms with Crippen molar-refractivity contribution in [1.82, 2.24) is 15.5 Å². The van der Waals surface area contributed by atoms with Crippen LogP contribution in [0.3, 0.4) is 0 Å². The van der Waals surface area contributed by atoms with Gasteiger partial charge in [-0.1, -0.05) is 48.5 Å². The SMILES string of the molecule is COc1ccccc1C[C@@]1(C)NC(=O)N(CC(=O)NCc2ccccc2)C1=O. The van der Waals surface area contributed by atoms with Gasteiger partial charge in [-0.3, -0.25) is 14.5 Å². The Morgan fingerprint density at radius 1 is 1.11 bits per heavy atom. The molecule has 2 aromatic rings. The monoisotopic (exact) mass is 381 g/mol. The van der Waals surface area contributed by atoms with Gasteiger partial charge in [0.25, 0.3) is 5.91 Å². The molecule has 4 amide bonds. The van der Waals surface area contributed by atoms with E-state index in [1.165, 1.54) is 0 Å². The molecule has 2 aromatic carbocycles. The minimum atomic E-state index is -1.13. The molecule has 2 N–H and O–H groups in total. The Labute approximate surface area is 163 Å². The van der Waals surface area contributed by atoms with Gasteiger partial charge in [-0.15, -0.1) is 0 Å². The zero-order valence-electron chi connectivity index (χ0n) is 15.9. The zero-order valence-corrected chi connectivity index (χ0v) is 15.9. The molecular formula is C21H23N3O4. The number of amides is 4. The predicted octanol–water partition coefficient (Wildman–Crippen LogP) is 1.86. The number of benzene rings is 2. The molecule has 1 atom stereocenters. The van der Waals surface area contributed by atoms with Crippen molar-refractivity contribution < 1.29 is 19.1 Å². The van der Waals surface area contributed by atoms with Crippen molar-refractivity contribution in [2.75, 3.05) is 13.7 Å². The minimum Gasteiger partial charge on any atom is -0.496 e. The maximum absolute atomic E-state index is 12.9. The van der Waals surface area contributed by atoms with Crippen LogP contribution in [0.4, 0.5) is 4.79 Å². The summed E-state index contributed by atoms with van der Waals surface area (Å²) in [7, 11) is 1.56. The van der Waals surface area contributed by atoms with Crippen molar-refractivity contribution in [3.8, 4) is 5.75 Å². The number of urea groups is 1. The number of carbonyl (C=O) groups is 3. The minimum absolute atomic E-state index is 0.268. The van der Waals surface area contributed by atoms with Crippen LogP contribution in [-0.2, 0) is 22.6 Å². The summed E-state index contributed by atoms with van der Waals surface area (Å²) in [5.74, 6) is -0.183. The van der Waals surface area contributed by atoms with Crippen LogP contribution in [0.25, 0.3) is 0 Å². The summed E-state index contributed by atoms with van der Waals surface area (Å²) in [4.78, 5) is 38.4. The molecule has 1 aliphatic rings. The number of nitrogens with zero attached hydrogens (tertiary/aromatic N) is 1. The molecule has 7 heteroatoms. The number of ether oxygens (including phenoxy) is 1. The second kappa shape index (κ2) is 8.12. The van der Waals surface area contributed by atoms with Crippen LogP contribution < -0.4 is 15.4 Å².